The first-order chi connectivity index (χ1) is 72.7. The van der Waals surface area contributed by atoms with Gasteiger partial charge in [-0.25, -0.2) is 0 Å². The first-order valence-corrected chi connectivity index (χ1v) is 60.0. The molecule has 0 unspecified atom stereocenters. The van der Waals surface area contributed by atoms with Crippen LogP contribution in [0.1, 0.15) is 0 Å². The van der Waals surface area contributed by atoms with E-state index in [0.29, 0.717) is 588 Å². The number of hydrogen-bond acceptors (Lipinski definition) is 46. The highest BCUT2D eigenvalue weighted by molar-refractivity contribution is 6.89. The van der Waals surface area contributed by atoms with Crippen molar-refractivity contribution in [1.82, 2.24) is 4.23 Å². The predicted octanol–water partition coefficient (Wildman–Crippen LogP) is 3.89. The minimum Gasteiger partial charge on any atom is -0.378 e. The van der Waals surface area contributed by atoms with Crippen molar-refractivity contribution in [2.75, 3.05) is 601 Å². The van der Waals surface area contributed by atoms with Crippen molar-refractivity contribution in [2.45, 2.75) is 39.3 Å². The Balaban J connectivity index is 3.12. The number of hydrogen-bond donors (Lipinski definition) is 0. The zero-order valence-corrected chi connectivity index (χ0v) is 93.4. The van der Waals surface area contributed by atoms with Crippen molar-refractivity contribution in [3.63, 3.8) is 0 Å². The van der Waals surface area contributed by atoms with Crippen molar-refractivity contribution in [3.8, 4) is 0 Å². The Morgan fingerprint density at radius 1 is 0.109 bits per heavy atom. The summed E-state index contributed by atoms with van der Waals surface area (Å²) in [5, 5.41) is 0. The Hall–Kier alpha value is -1.67. The molecule has 0 aliphatic carbocycles. The highest BCUT2D eigenvalue weighted by Crippen LogP contribution is 2.19. The average molecular weight is 2180 g/mol. The fraction of sp³-hybridized carbons (Fsp3) is 0.980. The van der Waals surface area contributed by atoms with Gasteiger partial charge < -0.3 is 217 Å². The van der Waals surface area contributed by atoms with Gasteiger partial charge in [-0.1, -0.05) is 45.4 Å². The van der Waals surface area contributed by atoms with Crippen LogP contribution in [-0.4, -0.2) is 622 Å². The molecule has 0 aromatic rings. The van der Waals surface area contributed by atoms with E-state index in [2.05, 4.69) is 50.1 Å². The smallest absolute Gasteiger partial charge is 0.112 e. The van der Waals surface area contributed by atoms with Crippen LogP contribution in [0.25, 0.3) is 0 Å². The minimum atomic E-state index is -1.34. The number of ether oxygens (including phenoxy) is 45. The molecule has 0 bridgehead atoms. The van der Waals surface area contributed by atoms with Gasteiger partial charge in [-0.3, -0.25) is 0 Å². The van der Waals surface area contributed by atoms with Gasteiger partial charge in [0, 0.05) is 6.54 Å². The summed E-state index contributed by atoms with van der Waals surface area (Å²) in [7, 11) is -2.69. The third-order valence-corrected chi connectivity index (χ3v) is 26.4. The van der Waals surface area contributed by atoms with Crippen molar-refractivity contribution in [1.29, 1.82) is 0 Å². The molecule has 0 fully saturated rings. The molecular formula is C99H203NO45Si2. The molecule has 0 aromatic heterocycles. The molecule has 48 heteroatoms. The highest BCUT2D eigenvalue weighted by Gasteiger charge is 2.34. The molecule has 0 aliphatic rings. The predicted molar refractivity (Wildman–Crippen MR) is 550 cm³/mol. The van der Waals surface area contributed by atoms with Gasteiger partial charge in [0.25, 0.3) is 0 Å². The molecule has 0 heterocycles. The molecule has 0 saturated carbocycles. The molecule has 0 aromatic carbocycles. The number of nitrogens with zero attached hydrogens (tertiary/aromatic N) is 1. The van der Waals surface area contributed by atoms with E-state index < -0.39 is 16.5 Å². The summed E-state index contributed by atoms with van der Waals surface area (Å²) >= 11 is 0. The molecule has 0 atom stereocenters. The van der Waals surface area contributed by atoms with Gasteiger partial charge in [0.15, 0.2) is 0 Å². The molecule has 882 valence electrons. The fourth-order valence-electron chi connectivity index (χ4n) is 11.7. The molecule has 0 aliphatic heterocycles. The van der Waals surface area contributed by atoms with Crippen LogP contribution < -0.4 is 0 Å². The summed E-state index contributed by atoms with van der Waals surface area (Å²) in [4.78, 5) is 0. The fourth-order valence-corrected chi connectivity index (χ4v) is 21.2. The van der Waals surface area contributed by atoms with Crippen LogP contribution in [0.4, 0.5) is 0 Å². The standard InChI is InChI=1S/C99H203NO45Si2/c1-8-10-101-12-14-103-16-18-105-20-22-107-24-26-109-28-30-111-32-34-113-36-38-115-40-42-117-44-46-119-48-50-121-52-54-123-56-58-125-60-62-127-64-66-129-68-70-131-72-74-133-76-78-135-80-82-137-84-86-139-88-90-141-92-94-143-96-98-145-99-97-144-95-93-142-91-89-140-87-85-138-83-81-136-79-77-134-75-73-132-71-69-130-67-65-128-63-61-126-59-57-124-55-53-122-51-49-120-47-45-118-43-41-116-39-37-114-35-33-112-31-29-110-27-25-108-23-21-106-19-17-104-15-13-102-11-9-100(146(2,3)4)147(5,6)7/h8H,1,9-99H2,2-7H3. The SMILES string of the molecule is C=CCOCCOCCOCCOCCOCCOCCOCCOCCOCCOCCOCCOCCOCCOCCOCCOCCOCCOCCOCCOCCOCCOCCOCCOCCOCCOCCOCCOCCOCCOCCOCCOCCOCCOCCOCCOCCOCCOCCOCCOCCOCCOCCOCCOCCOCCN([Si](C)(C)C)[Si](C)(C)C. The zero-order chi connectivity index (χ0) is 105. The number of rotatable bonds is 139. The topological polar surface area (TPSA) is 419 Å². The second kappa shape index (κ2) is 131. The lowest BCUT2D eigenvalue weighted by molar-refractivity contribution is -0.0329. The molecule has 147 heavy (non-hydrogen) atoms. The Labute approximate surface area is 883 Å². The average Bonchev–Trinajstić information content (AvgIpc) is 0.833. The Kier molecular flexibility index (Phi) is 130. The molecule has 0 spiro atoms. The molecule has 0 radical (unpaired) electrons. The van der Waals surface area contributed by atoms with E-state index in [0.717, 1.165) is 13.2 Å². The monoisotopic (exact) mass is 2180 g/mol. The van der Waals surface area contributed by atoms with Crippen LogP contribution >= 0.6 is 0 Å². The summed E-state index contributed by atoms with van der Waals surface area (Å²) in [5.74, 6) is 0. The van der Waals surface area contributed by atoms with Crippen LogP contribution in [0.2, 0.25) is 39.3 Å². The summed E-state index contributed by atoms with van der Waals surface area (Å²) < 4.78 is 252. The molecule has 0 rings (SSSR count). The second-order valence-corrected chi connectivity index (χ2v) is 43.0. The molecular weight excluding hydrogens is 1980 g/mol. The van der Waals surface area contributed by atoms with Gasteiger partial charge in [-0.05, 0) is 0 Å². The Morgan fingerprint density at radius 2 is 0.170 bits per heavy atom. The van der Waals surface area contributed by atoms with Crippen molar-refractivity contribution >= 4 is 16.5 Å². The maximum absolute atomic E-state index is 5.83. The first kappa shape index (κ1) is 145. The van der Waals surface area contributed by atoms with Gasteiger partial charge in [0.05, 0.1) is 595 Å². The van der Waals surface area contributed by atoms with E-state index in [9.17, 15) is 0 Å². The molecule has 0 N–H and O–H groups in total. The van der Waals surface area contributed by atoms with Crippen molar-refractivity contribution in [3.05, 3.63) is 12.7 Å². The maximum atomic E-state index is 5.83. The van der Waals surface area contributed by atoms with E-state index >= 15 is 0 Å². The molecule has 0 amide bonds. The lowest BCUT2D eigenvalue weighted by atomic mass is 10.6. The van der Waals surface area contributed by atoms with Gasteiger partial charge in [-0.15, -0.1) is 6.58 Å². The van der Waals surface area contributed by atoms with Crippen molar-refractivity contribution < 1.29 is 213 Å². The molecule has 46 nitrogen and oxygen atoms in total. The lowest BCUT2D eigenvalue weighted by Crippen LogP contribution is -2.59. The third-order valence-electron chi connectivity index (χ3n) is 18.7. The van der Waals surface area contributed by atoms with E-state index in [-0.39, 0.29) is 0 Å². The second-order valence-electron chi connectivity index (χ2n) is 32.8. The van der Waals surface area contributed by atoms with E-state index in [1.807, 2.05) is 0 Å². The maximum Gasteiger partial charge on any atom is 0.112 e. The zero-order valence-electron chi connectivity index (χ0n) is 91.4. The summed E-state index contributed by atoms with van der Waals surface area (Å²) in [6, 6.07) is 0. The lowest BCUT2D eigenvalue weighted by Gasteiger charge is -2.43. The first-order valence-electron chi connectivity index (χ1n) is 53.1. The largest absolute Gasteiger partial charge is 0.378 e. The summed E-state index contributed by atoms with van der Waals surface area (Å²) in [6.45, 7) is 63.2. The Bertz CT molecular complexity index is 2160. The van der Waals surface area contributed by atoms with Crippen LogP contribution in [0.15, 0.2) is 12.7 Å². The van der Waals surface area contributed by atoms with Gasteiger partial charge in [0.1, 0.15) is 16.5 Å². The van der Waals surface area contributed by atoms with E-state index in [4.69, 9.17) is 213 Å². The van der Waals surface area contributed by atoms with E-state index in [1.165, 1.54) is 0 Å². The van der Waals surface area contributed by atoms with Gasteiger partial charge in [0.2, 0.25) is 0 Å². The Morgan fingerprint density at radius 3 is 0.231 bits per heavy atom. The van der Waals surface area contributed by atoms with Crippen molar-refractivity contribution in [2.24, 2.45) is 0 Å². The minimum absolute atomic E-state index is 0.472. The van der Waals surface area contributed by atoms with Crippen LogP contribution in [0, 0.1) is 0 Å². The molecule has 0 saturated heterocycles. The summed E-state index contributed by atoms with van der Waals surface area (Å²) in [5.41, 5.74) is 0. The van der Waals surface area contributed by atoms with Gasteiger partial charge in [-0.2, -0.15) is 0 Å². The highest BCUT2D eigenvalue weighted by atomic mass is 28.4. The third kappa shape index (κ3) is 133. The summed E-state index contributed by atoms with van der Waals surface area (Å²) in [6.07, 6.45) is 1.71. The van der Waals surface area contributed by atoms with Gasteiger partial charge >= 0.3 is 0 Å². The van der Waals surface area contributed by atoms with Crippen LogP contribution in [0.5, 0.6) is 0 Å². The van der Waals surface area contributed by atoms with E-state index in [1.54, 1.807) is 6.08 Å². The quantitative estimate of drug-likeness (QED) is 0.0473. The van der Waals surface area contributed by atoms with Crippen LogP contribution in [0.3, 0.4) is 0 Å². The van der Waals surface area contributed by atoms with Crippen LogP contribution in [-0.2, 0) is 213 Å². The normalized spacial score (nSPS) is 12.1.